The number of nitrogens with one attached hydrogen (secondary N) is 1. The number of pyridine rings is 2. The summed E-state index contributed by atoms with van der Waals surface area (Å²) in [6.45, 7) is 6.21. The van der Waals surface area contributed by atoms with Gasteiger partial charge in [-0.1, -0.05) is 17.7 Å². The maximum atomic E-state index is 6.06. The fourth-order valence-electron chi connectivity index (χ4n) is 3.52. The lowest BCUT2D eigenvalue weighted by Crippen LogP contribution is -2.15. The molecule has 3 heterocycles. The van der Waals surface area contributed by atoms with Gasteiger partial charge in [0.1, 0.15) is 5.82 Å². The normalized spacial score (nSPS) is 11.3. The van der Waals surface area contributed by atoms with Gasteiger partial charge in [-0.05, 0) is 54.8 Å². The summed E-state index contributed by atoms with van der Waals surface area (Å²) in [6, 6.07) is 10.1. The molecular weight excluding hydrogens is 384 g/mol. The van der Waals surface area contributed by atoms with E-state index in [4.69, 9.17) is 17.3 Å². The molecule has 0 bridgehead atoms. The topological polar surface area (TPSA) is 81.6 Å². The van der Waals surface area contributed by atoms with E-state index in [-0.39, 0.29) is 0 Å². The van der Waals surface area contributed by atoms with Gasteiger partial charge in [-0.3, -0.25) is 4.98 Å². The Bertz CT molecular complexity index is 1140. The minimum atomic E-state index is 0.564. The molecule has 0 saturated carbocycles. The Morgan fingerprint density at radius 2 is 1.97 bits per heavy atom. The second-order valence-electron chi connectivity index (χ2n) is 7.25. The number of nitrogens with zero attached hydrogens (tertiary/aromatic N) is 4. The molecule has 1 aromatic carbocycles. The number of rotatable bonds is 6. The summed E-state index contributed by atoms with van der Waals surface area (Å²) in [7, 11) is 0. The van der Waals surface area contributed by atoms with E-state index in [0.717, 1.165) is 40.9 Å². The van der Waals surface area contributed by atoms with Crippen LogP contribution in [-0.4, -0.2) is 19.5 Å². The van der Waals surface area contributed by atoms with Crippen LogP contribution in [0.3, 0.4) is 0 Å². The van der Waals surface area contributed by atoms with Crippen molar-refractivity contribution in [1.29, 1.82) is 0 Å². The number of fused-ring (bicyclic) bond motifs is 1. The summed E-state index contributed by atoms with van der Waals surface area (Å²) >= 11 is 6.06. The van der Waals surface area contributed by atoms with E-state index in [2.05, 4.69) is 50.1 Å². The van der Waals surface area contributed by atoms with E-state index >= 15 is 0 Å². The monoisotopic (exact) mass is 406 g/mol. The minimum Gasteiger partial charge on any atom is -0.384 e. The first-order valence-electron chi connectivity index (χ1n) is 9.46. The summed E-state index contributed by atoms with van der Waals surface area (Å²) in [6.07, 6.45) is 5.59. The van der Waals surface area contributed by atoms with Gasteiger partial charge in [-0.2, -0.15) is 0 Å². The molecule has 0 aliphatic carbocycles. The van der Waals surface area contributed by atoms with Crippen molar-refractivity contribution in [1.82, 2.24) is 24.8 Å². The molecule has 3 N–H and O–H groups in total. The number of anilines is 1. The highest BCUT2D eigenvalue weighted by Gasteiger charge is 2.07. The van der Waals surface area contributed by atoms with E-state index < -0.39 is 0 Å². The van der Waals surface area contributed by atoms with Crippen molar-refractivity contribution in [3.63, 3.8) is 0 Å². The molecule has 148 valence electrons. The predicted molar refractivity (Wildman–Crippen MR) is 117 cm³/mol. The molecule has 3 aromatic heterocycles. The average Bonchev–Trinajstić information content (AvgIpc) is 3.10. The maximum Gasteiger partial charge on any atom is 0.123 e. The fraction of sp³-hybridized carbons (Fsp3) is 0.227. The van der Waals surface area contributed by atoms with Crippen LogP contribution in [0, 0.1) is 13.8 Å². The fourth-order valence-corrected chi connectivity index (χ4v) is 3.68. The van der Waals surface area contributed by atoms with Gasteiger partial charge < -0.3 is 15.6 Å². The Morgan fingerprint density at radius 3 is 2.79 bits per heavy atom. The summed E-state index contributed by atoms with van der Waals surface area (Å²) in [5.41, 5.74) is 12.2. The lowest BCUT2D eigenvalue weighted by Gasteiger charge is -2.10. The maximum absolute atomic E-state index is 6.06. The van der Waals surface area contributed by atoms with Crippen LogP contribution in [0.5, 0.6) is 0 Å². The third kappa shape index (κ3) is 4.55. The number of hydrogen-bond donors (Lipinski definition) is 2. The van der Waals surface area contributed by atoms with Gasteiger partial charge in [-0.15, -0.1) is 0 Å². The van der Waals surface area contributed by atoms with Crippen LogP contribution < -0.4 is 11.1 Å². The molecule has 29 heavy (non-hydrogen) atoms. The van der Waals surface area contributed by atoms with E-state index in [0.29, 0.717) is 17.4 Å². The van der Waals surface area contributed by atoms with Crippen molar-refractivity contribution >= 4 is 28.3 Å². The first-order valence-corrected chi connectivity index (χ1v) is 9.84. The summed E-state index contributed by atoms with van der Waals surface area (Å²) in [5, 5.41) is 5.13. The van der Waals surface area contributed by atoms with Gasteiger partial charge >= 0.3 is 0 Å². The Morgan fingerprint density at radius 1 is 1.10 bits per heavy atom. The second-order valence-corrected chi connectivity index (χ2v) is 7.69. The molecule has 0 amide bonds. The number of imidazole rings is 1. The zero-order valence-corrected chi connectivity index (χ0v) is 17.2. The highest BCUT2D eigenvalue weighted by atomic mass is 35.5. The number of aromatic nitrogens is 4. The molecule has 0 aliphatic rings. The Balaban J connectivity index is 1.39. The van der Waals surface area contributed by atoms with Crippen LogP contribution in [0.2, 0.25) is 5.02 Å². The SMILES string of the molecule is Cc1cc(N)nc(C)c1CNCc1cn(Cc2ccc3ncc(Cl)cc3c2)cn1. The Kier molecular flexibility index (Phi) is 5.47. The van der Waals surface area contributed by atoms with Crippen molar-refractivity contribution in [2.24, 2.45) is 0 Å². The van der Waals surface area contributed by atoms with Crippen LogP contribution >= 0.6 is 11.6 Å². The number of aryl methyl sites for hydroxylation is 2. The van der Waals surface area contributed by atoms with Crippen LogP contribution in [0.25, 0.3) is 10.9 Å². The predicted octanol–water partition coefficient (Wildman–Crippen LogP) is 4.02. The van der Waals surface area contributed by atoms with Crippen LogP contribution in [0.15, 0.2) is 49.1 Å². The molecule has 0 radical (unpaired) electrons. The van der Waals surface area contributed by atoms with Gasteiger partial charge in [0.25, 0.3) is 0 Å². The number of hydrogen-bond acceptors (Lipinski definition) is 5. The number of nitrogens with two attached hydrogens (primary N) is 1. The van der Waals surface area contributed by atoms with E-state index in [9.17, 15) is 0 Å². The van der Waals surface area contributed by atoms with E-state index in [1.165, 1.54) is 11.1 Å². The standard InChI is InChI=1S/C22H23ClN6/c1-14-5-22(24)28-15(2)20(14)10-25-9-19-12-29(13-27-19)11-16-3-4-21-17(6-16)7-18(23)8-26-21/h3-8,12-13,25H,9-11H2,1-2H3,(H2,24,28). The largest absolute Gasteiger partial charge is 0.384 e. The molecule has 4 rings (SSSR count). The zero-order chi connectivity index (χ0) is 20.4. The molecule has 0 spiro atoms. The van der Waals surface area contributed by atoms with Crippen LogP contribution in [0.1, 0.15) is 28.1 Å². The minimum absolute atomic E-state index is 0.564. The Hall–Kier alpha value is -2.96. The molecular formula is C22H23ClN6. The van der Waals surface area contributed by atoms with E-state index in [1.54, 1.807) is 6.20 Å². The zero-order valence-electron chi connectivity index (χ0n) is 16.5. The molecule has 0 saturated heterocycles. The molecule has 4 aromatic rings. The summed E-state index contributed by atoms with van der Waals surface area (Å²) in [4.78, 5) is 13.2. The first kappa shape index (κ1) is 19.4. The summed E-state index contributed by atoms with van der Waals surface area (Å²) < 4.78 is 2.08. The van der Waals surface area contributed by atoms with Crippen molar-refractivity contribution in [2.45, 2.75) is 33.5 Å². The first-order chi connectivity index (χ1) is 14.0. The third-order valence-electron chi connectivity index (χ3n) is 4.95. The molecule has 6 nitrogen and oxygen atoms in total. The second kappa shape index (κ2) is 8.19. The molecule has 7 heteroatoms. The van der Waals surface area contributed by atoms with Crippen LogP contribution in [0.4, 0.5) is 5.82 Å². The smallest absolute Gasteiger partial charge is 0.123 e. The Labute approximate surface area is 174 Å². The summed E-state index contributed by atoms with van der Waals surface area (Å²) in [5.74, 6) is 0.564. The lowest BCUT2D eigenvalue weighted by atomic mass is 10.1. The van der Waals surface area contributed by atoms with Gasteiger partial charge in [0.05, 0.1) is 22.6 Å². The quantitative estimate of drug-likeness (QED) is 0.505. The third-order valence-corrected chi connectivity index (χ3v) is 5.15. The van der Waals surface area contributed by atoms with Gasteiger partial charge in [0.2, 0.25) is 0 Å². The van der Waals surface area contributed by atoms with Crippen molar-refractivity contribution < 1.29 is 0 Å². The molecule has 0 atom stereocenters. The van der Waals surface area contributed by atoms with Crippen molar-refractivity contribution in [2.75, 3.05) is 5.73 Å². The highest BCUT2D eigenvalue weighted by molar-refractivity contribution is 6.31. The molecule has 0 aliphatic heterocycles. The van der Waals surface area contributed by atoms with Crippen molar-refractivity contribution in [3.8, 4) is 0 Å². The number of benzene rings is 1. The lowest BCUT2D eigenvalue weighted by molar-refractivity contribution is 0.673. The van der Waals surface area contributed by atoms with Gasteiger partial charge in [0, 0.05) is 43.1 Å². The molecule has 0 unspecified atom stereocenters. The average molecular weight is 407 g/mol. The van der Waals surface area contributed by atoms with Crippen LogP contribution in [-0.2, 0) is 19.6 Å². The van der Waals surface area contributed by atoms with Gasteiger partial charge in [-0.25, -0.2) is 9.97 Å². The number of halogens is 1. The van der Waals surface area contributed by atoms with E-state index in [1.807, 2.05) is 31.5 Å². The highest BCUT2D eigenvalue weighted by Crippen LogP contribution is 2.19. The van der Waals surface area contributed by atoms with Gasteiger partial charge in [0.15, 0.2) is 0 Å². The molecule has 0 fully saturated rings. The van der Waals surface area contributed by atoms with Crippen molar-refractivity contribution in [3.05, 3.63) is 82.2 Å². The number of nitrogen functional groups attached to an aromatic ring is 1.